The minimum atomic E-state index is -1.19. The lowest BCUT2D eigenvalue weighted by atomic mass is 9.93. The number of hydrogen-bond donors (Lipinski definition) is 1. The molecule has 4 nitrogen and oxygen atoms in total. The summed E-state index contributed by atoms with van der Waals surface area (Å²) in [4.78, 5) is 12.7. The van der Waals surface area contributed by atoms with Gasteiger partial charge in [-0.1, -0.05) is 26.8 Å². The lowest BCUT2D eigenvalue weighted by Gasteiger charge is -2.21. The van der Waals surface area contributed by atoms with E-state index < -0.39 is 35.9 Å². The lowest BCUT2D eigenvalue weighted by Crippen LogP contribution is -2.27. The molecule has 0 radical (unpaired) electrons. The van der Waals surface area contributed by atoms with E-state index in [1.165, 1.54) is 18.2 Å². The van der Waals surface area contributed by atoms with Gasteiger partial charge < -0.3 is 14.6 Å². The van der Waals surface area contributed by atoms with E-state index in [1.54, 1.807) is 6.07 Å². The molecule has 0 aliphatic carbocycles. The maximum atomic E-state index is 14.5. The van der Waals surface area contributed by atoms with Crippen molar-refractivity contribution < 1.29 is 32.5 Å². The highest BCUT2D eigenvalue weighted by Gasteiger charge is 2.21. The number of Topliss-reactive ketones (excluding diaryl/α,β-unsaturated/α-hetero) is 1. The fraction of sp³-hybridized carbons (Fsp3) is 0.458. The summed E-state index contributed by atoms with van der Waals surface area (Å²) in [6, 6.07) is 6.45. The van der Waals surface area contributed by atoms with E-state index in [4.69, 9.17) is 9.47 Å². The molecule has 2 rings (SSSR count). The van der Waals surface area contributed by atoms with Gasteiger partial charge in [0.1, 0.15) is 18.5 Å². The van der Waals surface area contributed by atoms with Crippen LogP contribution in [-0.2, 0) is 15.9 Å². The van der Waals surface area contributed by atoms with E-state index in [2.05, 4.69) is 20.8 Å². The van der Waals surface area contributed by atoms with Crippen LogP contribution in [0.2, 0.25) is 0 Å². The maximum Gasteiger partial charge on any atom is 0.188 e. The molecule has 32 heavy (non-hydrogen) atoms. The van der Waals surface area contributed by atoms with Crippen LogP contribution in [0, 0.1) is 26.4 Å². The molecule has 0 fully saturated rings. The molecule has 0 aromatic heterocycles. The number of hydrogen-bond acceptors (Lipinski definition) is 4. The van der Waals surface area contributed by atoms with Crippen molar-refractivity contribution in [2.75, 3.05) is 26.4 Å². The average molecular weight is 564 g/mol. The Labute approximate surface area is 200 Å². The summed E-state index contributed by atoms with van der Waals surface area (Å²) < 4.78 is 54.2. The zero-order valence-electron chi connectivity index (χ0n) is 18.4. The first kappa shape index (κ1) is 26.8. The molecular weight excluding hydrogens is 536 g/mol. The number of aliphatic hydroxyl groups is 1. The molecule has 0 bridgehead atoms. The molecule has 0 spiro atoms. The minimum absolute atomic E-state index is 0.0306. The first-order valence-electron chi connectivity index (χ1n) is 10.3. The second kappa shape index (κ2) is 12.1. The van der Waals surface area contributed by atoms with Gasteiger partial charge in [-0.3, -0.25) is 4.79 Å². The molecule has 1 unspecified atom stereocenters. The number of aliphatic hydroxyl groups excluding tert-OH is 1. The first-order chi connectivity index (χ1) is 15.0. The number of benzene rings is 2. The molecule has 1 atom stereocenters. The fourth-order valence-corrected chi connectivity index (χ4v) is 3.38. The van der Waals surface area contributed by atoms with Crippen molar-refractivity contribution in [3.8, 4) is 0 Å². The van der Waals surface area contributed by atoms with E-state index in [-0.39, 0.29) is 41.7 Å². The van der Waals surface area contributed by atoms with Crippen LogP contribution in [0.3, 0.4) is 0 Å². The summed E-state index contributed by atoms with van der Waals surface area (Å²) in [5.41, 5.74) is -0.0662. The first-order valence-corrected chi connectivity index (χ1v) is 11.3. The highest BCUT2D eigenvalue weighted by atomic mass is 127. The molecule has 0 amide bonds. The summed E-state index contributed by atoms with van der Waals surface area (Å²) in [5.74, 6) is -3.44. The standard InChI is InChI=1S/C24H28F3IO4/c1-24(2,3)8-9-32-17(12-29)13-31-14-22(30)18-6-7-20(25)23(27)19(18)10-15-4-5-16(28)11-21(15)26/h4-7,11,17,29H,8-10,12-14H2,1-3H3. The van der Waals surface area contributed by atoms with Crippen LogP contribution in [-0.4, -0.2) is 43.4 Å². The number of rotatable bonds is 11. The Balaban J connectivity index is 2.05. The molecule has 2 aromatic carbocycles. The molecule has 0 aliphatic rings. The number of ketones is 1. The second-order valence-corrected chi connectivity index (χ2v) is 9.97. The molecular formula is C24H28F3IO4. The van der Waals surface area contributed by atoms with Gasteiger partial charge in [-0.2, -0.15) is 0 Å². The third-order valence-electron chi connectivity index (χ3n) is 4.82. The van der Waals surface area contributed by atoms with Gasteiger partial charge in [-0.05, 0) is 64.3 Å². The molecule has 2 aromatic rings. The van der Waals surface area contributed by atoms with Crippen LogP contribution in [0.25, 0.3) is 0 Å². The molecule has 0 saturated heterocycles. The number of carbonyl (C=O) groups excluding carboxylic acids is 1. The predicted molar refractivity (Wildman–Crippen MR) is 124 cm³/mol. The summed E-state index contributed by atoms with van der Waals surface area (Å²) in [7, 11) is 0. The van der Waals surface area contributed by atoms with Crippen molar-refractivity contribution >= 4 is 28.4 Å². The average Bonchev–Trinajstić information content (AvgIpc) is 2.71. The Kier molecular flexibility index (Phi) is 10.1. The number of ether oxygens (including phenoxy) is 2. The highest BCUT2D eigenvalue weighted by Crippen LogP contribution is 2.24. The smallest absolute Gasteiger partial charge is 0.188 e. The van der Waals surface area contributed by atoms with E-state index in [9.17, 15) is 23.1 Å². The van der Waals surface area contributed by atoms with Crippen molar-refractivity contribution in [1.82, 2.24) is 0 Å². The molecule has 8 heteroatoms. The van der Waals surface area contributed by atoms with Crippen molar-refractivity contribution in [2.24, 2.45) is 5.41 Å². The summed E-state index contributed by atoms with van der Waals surface area (Å²) in [6.07, 6.45) is -0.0892. The van der Waals surface area contributed by atoms with Gasteiger partial charge in [0.25, 0.3) is 0 Å². The Morgan fingerprint density at radius 1 is 1.12 bits per heavy atom. The van der Waals surface area contributed by atoms with Crippen molar-refractivity contribution in [3.63, 3.8) is 0 Å². The normalized spacial score (nSPS) is 12.8. The Bertz CT molecular complexity index is 928. The van der Waals surface area contributed by atoms with Gasteiger partial charge in [-0.15, -0.1) is 0 Å². The van der Waals surface area contributed by atoms with Crippen LogP contribution in [0.15, 0.2) is 30.3 Å². The molecule has 176 valence electrons. The van der Waals surface area contributed by atoms with Crippen molar-refractivity contribution in [1.29, 1.82) is 0 Å². The van der Waals surface area contributed by atoms with Crippen LogP contribution in [0.5, 0.6) is 0 Å². The minimum Gasteiger partial charge on any atom is -0.394 e. The Morgan fingerprint density at radius 2 is 1.84 bits per heavy atom. The number of halogens is 4. The highest BCUT2D eigenvalue weighted by molar-refractivity contribution is 14.1. The summed E-state index contributed by atoms with van der Waals surface area (Å²) in [5, 5.41) is 9.44. The van der Waals surface area contributed by atoms with E-state index >= 15 is 0 Å². The molecule has 1 N–H and O–H groups in total. The van der Waals surface area contributed by atoms with Crippen LogP contribution in [0.4, 0.5) is 13.2 Å². The van der Waals surface area contributed by atoms with Gasteiger partial charge in [0, 0.05) is 27.7 Å². The Hall–Kier alpha value is -1.49. The fourth-order valence-electron chi connectivity index (χ4n) is 2.93. The zero-order chi connectivity index (χ0) is 23.9. The third kappa shape index (κ3) is 8.13. The molecule has 0 heterocycles. The summed E-state index contributed by atoms with van der Waals surface area (Å²) >= 11 is 1.95. The van der Waals surface area contributed by atoms with Crippen LogP contribution >= 0.6 is 22.6 Å². The maximum absolute atomic E-state index is 14.5. The van der Waals surface area contributed by atoms with E-state index in [0.717, 1.165) is 12.5 Å². The van der Waals surface area contributed by atoms with Crippen molar-refractivity contribution in [3.05, 3.63) is 68.0 Å². The van der Waals surface area contributed by atoms with E-state index in [0.29, 0.717) is 10.2 Å². The lowest BCUT2D eigenvalue weighted by molar-refractivity contribution is -0.0448. The van der Waals surface area contributed by atoms with Crippen molar-refractivity contribution in [2.45, 2.75) is 39.7 Å². The molecule has 0 aliphatic heterocycles. The quantitative estimate of drug-likeness (QED) is 0.297. The SMILES string of the molecule is CC(C)(C)CCOC(CO)COCC(=O)c1ccc(F)c(F)c1Cc1ccc(I)cc1F. The van der Waals surface area contributed by atoms with E-state index in [1.807, 2.05) is 22.6 Å². The van der Waals surface area contributed by atoms with Gasteiger partial charge >= 0.3 is 0 Å². The van der Waals surface area contributed by atoms with Gasteiger partial charge in [0.05, 0.1) is 13.2 Å². The number of carbonyl (C=O) groups is 1. The van der Waals surface area contributed by atoms with Crippen LogP contribution < -0.4 is 0 Å². The van der Waals surface area contributed by atoms with Gasteiger partial charge in [0.2, 0.25) is 0 Å². The topological polar surface area (TPSA) is 55.8 Å². The van der Waals surface area contributed by atoms with Crippen LogP contribution in [0.1, 0.15) is 48.7 Å². The van der Waals surface area contributed by atoms with Gasteiger partial charge in [0.15, 0.2) is 17.4 Å². The Morgan fingerprint density at radius 3 is 2.47 bits per heavy atom. The zero-order valence-corrected chi connectivity index (χ0v) is 20.5. The third-order valence-corrected chi connectivity index (χ3v) is 5.50. The largest absolute Gasteiger partial charge is 0.394 e. The predicted octanol–water partition coefficient (Wildman–Crippen LogP) is 5.31. The monoisotopic (exact) mass is 564 g/mol. The second-order valence-electron chi connectivity index (χ2n) is 8.72. The summed E-state index contributed by atoms with van der Waals surface area (Å²) in [6.45, 7) is 5.92. The molecule has 0 saturated carbocycles. The van der Waals surface area contributed by atoms with Gasteiger partial charge in [-0.25, -0.2) is 13.2 Å².